The van der Waals surface area contributed by atoms with Crippen LogP contribution >= 0.6 is 15.9 Å². The van der Waals surface area contributed by atoms with Gasteiger partial charge in [-0.25, -0.2) is 14.4 Å². The summed E-state index contributed by atoms with van der Waals surface area (Å²) in [4.78, 5) is 10.9. The topological polar surface area (TPSA) is 29.0 Å². The molecule has 1 atom stereocenters. The van der Waals surface area contributed by atoms with Crippen LogP contribution in [0.25, 0.3) is 0 Å². The van der Waals surface area contributed by atoms with Crippen molar-refractivity contribution in [3.8, 4) is 0 Å². The minimum atomic E-state index is -0.197. The predicted octanol–water partition coefficient (Wildman–Crippen LogP) is 3.72. The van der Waals surface area contributed by atoms with Crippen LogP contribution in [0.5, 0.6) is 0 Å². The molecule has 0 spiro atoms. The molecule has 0 N–H and O–H groups in total. The maximum atomic E-state index is 13.6. The van der Waals surface area contributed by atoms with Crippen LogP contribution in [0.1, 0.15) is 30.3 Å². The number of hydrogen-bond acceptors (Lipinski definition) is 3. The van der Waals surface area contributed by atoms with E-state index in [0.717, 1.165) is 35.2 Å². The normalized spacial score (nSPS) is 19.4. The van der Waals surface area contributed by atoms with E-state index in [0.29, 0.717) is 6.54 Å². The van der Waals surface area contributed by atoms with Crippen LogP contribution in [-0.2, 0) is 6.54 Å². The summed E-state index contributed by atoms with van der Waals surface area (Å²) in [5.74, 6) is 0.618. The molecular formula is C15H15BrFN3. The van der Waals surface area contributed by atoms with Crippen molar-refractivity contribution in [3.63, 3.8) is 0 Å². The molecular weight excluding hydrogens is 321 g/mol. The fraction of sp³-hybridized carbons (Fsp3) is 0.333. The Bertz CT molecular complexity index is 571. The van der Waals surface area contributed by atoms with Gasteiger partial charge in [0.05, 0.1) is 6.54 Å². The first kappa shape index (κ1) is 13.6. The quantitative estimate of drug-likeness (QED) is 0.856. The maximum Gasteiger partial charge on any atom is 0.142 e. The van der Waals surface area contributed by atoms with Crippen molar-refractivity contribution in [1.29, 1.82) is 0 Å². The van der Waals surface area contributed by atoms with Gasteiger partial charge in [-0.05, 0) is 49.2 Å². The molecule has 1 saturated heterocycles. The van der Waals surface area contributed by atoms with E-state index in [9.17, 15) is 4.39 Å². The summed E-state index contributed by atoms with van der Waals surface area (Å²) in [5.41, 5.74) is 1.02. The second-order valence-electron chi connectivity index (χ2n) is 5.00. The minimum Gasteiger partial charge on any atom is -0.289 e. The molecule has 1 aromatic carbocycles. The molecule has 20 heavy (non-hydrogen) atoms. The van der Waals surface area contributed by atoms with Crippen molar-refractivity contribution in [3.05, 3.63) is 58.3 Å². The molecule has 1 fully saturated rings. The highest BCUT2D eigenvalue weighted by atomic mass is 79.9. The van der Waals surface area contributed by atoms with Crippen LogP contribution in [0.15, 0.2) is 41.1 Å². The second-order valence-corrected chi connectivity index (χ2v) is 5.91. The molecule has 0 unspecified atom stereocenters. The Morgan fingerprint density at radius 3 is 2.80 bits per heavy atom. The fourth-order valence-electron chi connectivity index (χ4n) is 2.75. The minimum absolute atomic E-state index is 0.197. The Labute approximate surface area is 126 Å². The number of rotatable bonds is 3. The Kier molecular flexibility index (Phi) is 4.08. The molecule has 1 aliphatic rings. The number of aromatic nitrogens is 2. The summed E-state index contributed by atoms with van der Waals surface area (Å²) >= 11 is 3.36. The molecule has 1 aliphatic heterocycles. The SMILES string of the molecule is Fc1cc(Br)cc([C@@H]2CCCN2Cc2ncccn2)c1. The lowest BCUT2D eigenvalue weighted by Crippen LogP contribution is -2.24. The molecule has 0 amide bonds. The zero-order valence-electron chi connectivity index (χ0n) is 11.0. The molecule has 1 aromatic heterocycles. The van der Waals surface area contributed by atoms with Crippen molar-refractivity contribution in [2.45, 2.75) is 25.4 Å². The number of hydrogen-bond donors (Lipinski definition) is 0. The fourth-order valence-corrected chi connectivity index (χ4v) is 3.24. The molecule has 3 rings (SSSR count). The van der Waals surface area contributed by atoms with Crippen molar-refractivity contribution >= 4 is 15.9 Å². The molecule has 104 valence electrons. The standard InChI is InChI=1S/C15H15BrFN3/c16-12-7-11(8-13(17)9-12)14-3-1-6-20(14)10-15-18-4-2-5-19-15/h2,4-5,7-9,14H,1,3,6,10H2/t14-/m0/s1. The number of nitrogens with zero attached hydrogens (tertiary/aromatic N) is 3. The monoisotopic (exact) mass is 335 g/mol. The number of benzene rings is 1. The lowest BCUT2D eigenvalue weighted by atomic mass is 10.0. The largest absolute Gasteiger partial charge is 0.289 e. The molecule has 5 heteroatoms. The van der Waals surface area contributed by atoms with Gasteiger partial charge in [0.15, 0.2) is 0 Å². The molecule has 3 nitrogen and oxygen atoms in total. The Balaban J connectivity index is 1.81. The van der Waals surface area contributed by atoms with E-state index in [-0.39, 0.29) is 11.9 Å². The van der Waals surface area contributed by atoms with Crippen LogP contribution in [0.2, 0.25) is 0 Å². The molecule has 0 saturated carbocycles. The highest BCUT2D eigenvalue weighted by molar-refractivity contribution is 9.10. The third kappa shape index (κ3) is 3.04. The Hall–Kier alpha value is -1.33. The summed E-state index contributed by atoms with van der Waals surface area (Å²) in [6.07, 6.45) is 5.67. The number of halogens is 2. The van der Waals surface area contributed by atoms with Gasteiger partial charge in [-0.1, -0.05) is 15.9 Å². The second kappa shape index (κ2) is 5.97. The van der Waals surface area contributed by atoms with Gasteiger partial charge in [0.25, 0.3) is 0 Å². The van der Waals surface area contributed by atoms with Crippen LogP contribution in [0.4, 0.5) is 4.39 Å². The summed E-state index contributed by atoms with van der Waals surface area (Å²) in [5, 5.41) is 0. The molecule has 2 aromatic rings. The summed E-state index contributed by atoms with van der Waals surface area (Å²) < 4.78 is 14.3. The first-order valence-electron chi connectivity index (χ1n) is 6.68. The van der Waals surface area contributed by atoms with Crippen molar-refractivity contribution in [1.82, 2.24) is 14.9 Å². The first-order chi connectivity index (χ1) is 9.72. The van der Waals surface area contributed by atoms with E-state index in [1.54, 1.807) is 18.5 Å². The van der Waals surface area contributed by atoms with Gasteiger partial charge < -0.3 is 0 Å². The maximum absolute atomic E-state index is 13.6. The van der Waals surface area contributed by atoms with Crippen molar-refractivity contribution in [2.24, 2.45) is 0 Å². The predicted molar refractivity (Wildman–Crippen MR) is 78.5 cm³/mol. The summed E-state index contributed by atoms with van der Waals surface area (Å²) in [7, 11) is 0. The molecule has 0 radical (unpaired) electrons. The lowest BCUT2D eigenvalue weighted by molar-refractivity contribution is 0.242. The van der Waals surface area contributed by atoms with Gasteiger partial charge in [-0.2, -0.15) is 0 Å². The van der Waals surface area contributed by atoms with Gasteiger partial charge in [0.1, 0.15) is 11.6 Å². The van der Waals surface area contributed by atoms with E-state index < -0.39 is 0 Å². The van der Waals surface area contributed by atoms with E-state index in [1.165, 1.54) is 6.07 Å². The van der Waals surface area contributed by atoms with Crippen molar-refractivity contribution in [2.75, 3.05) is 6.54 Å². The van der Waals surface area contributed by atoms with Gasteiger partial charge in [-0.3, -0.25) is 4.90 Å². The zero-order valence-corrected chi connectivity index (χ0v) is 12.6. The van der Waals surface area contributed by atoms with E-state index >= 15 is 0 Å². The molecule has 0 aliphatic carbocycles. The van der Waals surface area contributed by atoms with Crippen LogP contribution in [-0.4, -0.2) is 21.4 Å². The summed E-state index contributed by atoms with van der Waals surface area (Å²) in [6, 6.07) is 7.17. The van der Waals surface area contributed by atoms with E-state index in [2.05, 4.69) is 30.8 Å². The lowest BCUT2D eigenvalue weighted by Gasteiger charge is -2.24. The average molecular weight is 336 g/mol. The average Bonchev–Trinajstić information content (AvgIpc) is 2.87. The molecule has 2 heterocycles. The van der Waals surface area contributed by atoms with Gasteiger partial charge in [-0.15, -0.1) is 0 Å². The smallest absolute Gasteiger partial charge is 0.142 e. The highest BCUT2D eigenvalue weighted by Crippen LogP contribution is 2.34. The van der Waals surface area contributed by atoms with Crippen LogP contribution in [0, 0.1) is 5.82 Å². The van der Waals surface area contributed by atoms with E-state index in [1.807, 2.05) is 12.1 Å². The zero-order chi connectivity index (χ0) is 13.9. The Morgan fingerprint density at radius 2 is 2.05 bits per heavy atom. The van der Waals surface area contributed by atoms with Crippen LogP contribution in [0.3, 0.4) is 0 Å². The first-order valence-corrected chi connectivity index (χ1v) is 7.47. The third-order valence-corrected chi connectivity index (χ3v) is 4.05. The van der Waals surface area contributed by atoms with E-state index in [4.69, 9.17) is 0 Å². The van der Waals surface area contributed by atoms with Gasteiger partial charge >= 0.3 is 0 Å². The van der Waals surface area contributed by atoms with Gasteiger partial charge in [0, 0.05) is 22.9 Å². The highest BCUT2D eigenvalue weighted by Gasteiger charge is 2.27. The number of likely N-dealkylation sites (tertiary alicyclic amines) is 1. The summed E-state index contributed by atoms with van der Waals surface area (Å²) in [6.45, 7) is 1.71. The molecule has 0 bridgehead atoms. The third-order valence-electron chi connectivity index (χ3n) is 3.60. The Morgan fingerprint density at radius 1 is 1.25 bits per heavy atom. The van der Waals surface area contributed by atoms with Crippen molar-refractivity contribution < 1.29 is 4.39 Å². The van der Waals surface area contributed by atoms with Gasteiger partial charge in [0.2, 0.25) is 0 Å². The van der Waals surface area contributed by atoms with Crippen LogP contribution < -0.4 is 0 Å².